The molecule has 0 saturated heterocycles. The molecule has 0 fully saturated rings. The average molecular weight is 496 g/mol. The Morgan fingerprint density at radius 1 is 0.500 bits per heavy atom. The van der Waals surface area contributed by atoms with Crippen LogP contribution in [0.15, 0.2) is 22.9 Å². The van der Waals surface area contributed by atoms with Crippen molar-refractivity contribution in [3.63, 3.8) is 0 Å². The Labute approximate surface area is 194 Å². The molecular weight excluding hydrogens is 494 g/mol. The molecule has 5 rings (SSSR count). The van der Waals surface area contributed by atoms with Crippen molar-refractivity contribution in [3.8, 4) is 35.8 Å². The molecule has 14 heteroatoms. The summed E-state index contributed by atoms with van der Waals surface area (Å²) >= 11 is 0. The van der Waals surface area contributed by atoms with Gasteiger partial charge in [0.25, 0.3) is 0 Å². The largest absolute Gasteiger partial charge is 0.436 e. The number of anilines is 2. The molecule has 8 nitrogen and oxygen atoms in total. The topological polar surface area (TPSA) is 138 Å². The van der Waals surface area contributed by atoms with Crippen LogP contribution in [0, 0.1) is 80.2 Å². The predicted octanol–water partition coefficient (Wildman–Crippen LogP) is 4.95. The molecule has 0 radical (unpaired) electrons. The molecule has 2 aliphatic rings. The highest BCUT2D eigenvalue weighted by Gasteiger charge is 2.38. The van der Waals surface area contributed by atoms with Crippen LogP contribution in [-0.2, 0) is 0 Å². The van der Waals surface area contributed by atoms with Gasteiger partial charge in [-0.25, -0.2) is 26.3 Å². The lowest BCUT2D eigenvalue weighted by molar-refractivity contribution is 0.447. The molecule has 0 unspecified atom stereocenters. The van der Waals surface area contributed by atoms with E-state index in [9.17, 15) is 8.78 Å². The van der Waals surface area contributed by atoms with E-state index in [1.54, 1.807) is 0 Å². The molecule has 2 N–H and O–H groups in total. The Hall–Kier alpha value is -5.60. The maximum Gasteiger partial charge on any atom is 0.226 e. The minimum absolute atomic E-state index is 0.732. The first-order valence-electron chi connectivity index (χ1n) is 9.34. The van der Waals surface area contributed by atoms with Crippen molar-refractivity contribution in [2.75, 3.05) is 10.6 Å². The normalized spacial score (nSPS) is 12.8. The van der Waals surface area contributed by atoms with E-state index in [-0.39, 0.29) is 0 Å². The van der Waals surface area contributed by atoms with Crippen molar-refractivity contribution >= 4 is 32.9 Å². The maximum absolute atomic E-state index is 15.3. The quantitative estimate of drug-likeness (QED) is 0.253. The second-order valence-electron chi connectivity index (χ2n) is 7.10. The zero-order chi connectivity index (χ0) is 26.0. The molecule has 0 spiro atoms. The van der Waals surface area contributed by atoms with Crippen molar-refractivity contribution in [1.29, 1.82) is 21.0 Å². The van der Waals surface area contributed by atoms with Crippen LogP contribution in [0.2, 0.25) is 0 Å². The van der Waals surface area contributed by atoms with Crippen molar-refractivity contribution in [2.45, 2.75) is 0 Å². The molecule has 0 aromatic heterocycles. The number of allylic oxidation sites excluding steroid dienone is 2. The molecule has 0 aliphatic carbocycles. The Balaban J connectivity index is 1.97. The first-order valence-corrected chi connectivity index (χ1v) is 9.34. The molecular formula is C22H2F6N6O2. The van der Waals surface area contributed by atoms with E-state index in [0.29, 0.717) is 0 Å². The van der Waals surface area contributed by atoms with Gasteiger partial charge in [0.05, 0.1) is 10.8 Å². The molecule has 0 bridgehead atoms. The lowest BCUT2D eigenvalue weighted by atomic mass is 9.96. The molecule has 174 valence electrons. The highest BCUT2D eigenvalue weighted by atomic mass is 19.2. The van der Waals surface area contributed by atoms with Crippen LogP contribution >= 0.6 is 0 Å². The van der Waals surface area contributed by atoms with Crippen molar-refractivity contribution < 1.29 is 35.8 Å². The van der Waals surface area contributed by atoms with E-state index >= 15 is 17.6 Å². The van der Waals surface area contributed by atoms with Gasteiger partial charge in [-0.1, -0.05) is 0 Å². The number of hydrogen-bond acceptors (Lipinski definition) is 8. The van der Waals surface area contributed by atoms with E-state index in [1.807, 2.05) is 0 Å². The monoisotopic (exact) mass is 496 g/mol. The van der Waals surface area contributed by atoms with Gasteiger partial charge in [-0.3, -0.25) is 0 Å². The Morgan fingerprint density at radius 3 is 1.11 bits per heavy atom. The molecule has 2 aliphatic heterocycles. The Kier molecular flexibility index (Phi) is 4.60. The second-order valence-corrected chi connectivity index (χ2v) is 7.10. The third-order valence-electron chi connectivity index (χ3n) is 5.34. The van der Waals surface area contributed by atoms with Crippen molar-refractivity contribution in [1.82, 2.24) is 0 Å². The van der Waals surface area contributed by atoms with Gasteiger partial charge in [-0.15, -0.1) is 0 Å². The van der Waals surface area contributed by atoms with Crippen LogP contribution < -0.4 is 20.1 Å². The van der Waals surface area contributed by atoms with Gasteiger partial charge >= 0.3 is 0 Å². The molecule has 0 amide bonds. The summed E-state index contributed by atoms with van der Waals surface area (Å²) in [5.41, 5.74) is -3.37. The number of halogens is 6. The number of hydrogen-bond donors (Lipinski definition) is 2. The van der Waals surface area contributed by atoms with Gasteiger partial charge in [0.2, 0.25) is 11.8 Å². The fourth-order valence-corrected chi connectivity index (χ4v) is 3.83. The van der Waals surface area contributed by atoms with Gasteiger partial charge in [-0.2, -0.15) is 21.0 Å². The zero-order valence-electron chi connectivity index (χ0n) is 16.9. The maximum atomic E-state index is 15.3. The average Bonchev–Trinajstić information content (AvgIpc) is 3.50. The Morgan fingerprint density at radius 2 is 0.806 bits per heavy atom. The summed E-state index contributed by atoms with van der Waals surface area (Å²) in [7, 11) is 0. The number of fused-ring (bicyclic) bond motifs is 7. The summed E-state index contributed by atoms with van der Waals surface area (Å²) in [4.78, 5) is 0. The third-order valence-corrected chi connectivity index (χ3v) is 5.34. The highest BCUT2D eigenvalue weighted by molar-refractivity contribution is 6.15. The standard InChI is InChI=1S/C22H2F6N6O2/c23-11-7-8-10(20-18(16(28)12(8)24)34-22(36-20)6(3-31)4-32)14(26)13(25)9(7)19-17(15(11)27)33-21(35-19)5(1-29)2-30/h33-34H. The molecule has 2 heterocycles. The minimum atomic E-state index is -1.95. The van der Waals surface area contributed by atoms with E-state index in [4.69, 9.17) is 30.5 Å². The lowest BCUT2D eigenvalue weighted by Gasteiger charge is -2.14. The van der Waals surface area contributed by atoms with E-state index in [0.717, 1.165) is 0 Å². The predicted molar refractivity (Wildman–Crippen MR) is 106 cm³/mol. The van der Waals surface area contributed by atoms with Gasteiger partial charge < -0.3 is 20.1 Å². The SMILES string of the molecule is N#CC(C#N)=C1Nc2c(F)c(F)c3c(c(F)c(F)c4c5c(c(F)c(F)c43)NC(=C(C#N)C#N)O5)c2O1. The fraction of sp³-hybridized carbons (Fsp3) is 0. The smallest absolute Gasteiger partial charge is 0.226 e. The van der Waals surface area contributed by atoms with E-state index < -0.39 is 102 Å². The number of rotatable bonds is 0. The summed E-state index contributed by atoms with van der Waals surface area (Å²) in [5, 5.41) is 35.2. The molecule has 3 aromatic rings. The molecule has 3 aromatic carbocycles. The second kappa shape index (κ2) is 7.45. The van der Waals surface area contributed by atoms with Gasteiger partial charge in [0.1, 0.15) is 35.7 Å². The van der Waals surface area contributed by atoms with Crippen LogP contribution in [0.3, 0.4) is 0 Å². The summed E-state index contributed by atoms with van der Waals surface area (Å²) in [6.07, 6.45) is 0. The number of nitrogens with one attached hydrogen (secondary N) is 2. The van der Waals surface area contributed by atoms with Crippen LogP contribution in [0.4, 0.5) is 37.7 Å². The van der Waals surface area contributed by atoms with Crippen LogP contribution in [0.1, 0.15) is 0 Å². The van der Waals surface area contributed by atoms with E-state index in [2.05, 4.69) is 10.6 Å². The summed E-state index contributed by atoms with van der Waals surface area (Å²) in [5.74, 6) is -14.6. The minimum Gasteiger partial charge on any atom is -0.436 e. The third kappa shape index (κ3) is 2.61. The highest BCUT2D eigenvalue weighted by Crippen LogP contribution is 2.52. The number of ether oxygens (including phenoxy) is 2. The first kappa shape index (κ1) is 22.2. The van der Waals surface area contributed by atoms with Crippen molar-refractivity contribution in [3.05, 3.63) is 57.8 Å². The molecule has 36 heavy (non-hydrogen) atoms. The van der Waals surface area contributed by atoms with Crippen LogP contribution in [0.25, 0.3) is 21.5 Å². The molecule has 0 atom stereocenters. The van der Waals surface area contributed by atoms with Gasteiger partial charge in [0, 0.05) is 10.8 Å². The summed E-state index contributed by atoms with van der Waals surface area (Å²) in [6, 6.07) is 5.59. The molecule has 0 saturated carbocycles. The summed E-state index contributed by atoms with van der Waals surface area (Å²) < 4.78 is 101. The fourth-order valence-electron chi connectivity index (χ4n) is 3.83. The van der Waals surface area contributed by atoms with Gasteiger partial charge in [0.15, 0.2) is 57.5 Å². The van der Waals surface area contributed by atoms with Crippen molar-refractivity contribution in [2.24, 2.45) is 0 Å². The van der Waals surface area contributed by atoms with Gasteiger partial charge in [-0.05, 0) is 0 Å². The van der Waals surface area contributed by atoms with Crippen LogP contribution in [0.5, 0.6) is 11.5 Å². The first-order chi connectivity index (χ1) is 17.2. The Bertz CT molecular complexity index is 1690. The number of nitriles is 4. The number of benzene rings is 3. The van der Waals surface area contributed by atoms with Crippen LogP contribution in [-0.4, -0.2) is 0 Å². The summed E-state index contributed by atoms with van der Waals surface area (Å²) in [6.45, 7) is 0. The number of nitrogens with zero attached hydrogens (tertiary/aromatic N) is 4. The lowest BCUT2D eigenvalue weighted by Crippen LogP contribution is -2.02. The van der Waals surface area contributed by atoms with E-state index in [1.165, 1.54) is 24.3 Å². The zero-order valence-corrected chi connectivity index (χ0v) is 16.9.